The fraction of sp³-hybridized carbons (Fsp3) is 0.429. The molecule has 116 valence electrons. The summed E-state index contributed by atoms with van der Waals surface area (Å²) >= 11 is 2.42. The van der Waals surface area contributed by atoms with Crippen molar-refractivity contribution in [3.8, 4) is 0 Å². The molecule has 0 spiro atoms. The molecule has 0 bridgehead atoms. The molecule has 0 aliphatic carbocycles. The summed E-state index contributed by atoms with van der Waals surface area (Å²) in [6.45, 7) is 1.28. The molecule has 0 N–H and O–H groups in total. The molecule has 0 atom stereocenters. The molecule has 1 fully saturated rings. The zero-order valence-electron chi connectivity index (χ0n) is 11.3. The van der Waals surface area contributed by atoms with Crippen LogP contribution in [0.4, 0.5) is 13.2 Å². The van der Waals surface area contributed by atoms with E-state index >= 15 is 0 Å². The Balaban J connectivity index is 1.82. The first-order chi connectivity index (χ1) is 9.99. The minimum atomic E-state index is -4.27. The van der Waals surface area contributed by atoms with Crippen LogP contribution in [0.25, 0.3) is 6.08 Å². The quantitative estimate of drug-likeness (QED) is 0.757. The summed E-state index contributed by atoms with van der Waals surface area (Å²) in [7, 11) is 0. The van der Waals surface area contributed by atoms with Crippen molar-refractivity contribution in [2.24, 2.45) is 0 Å². The molecule has 2 rings (SSSR count). The zero-order chi connectivity index (χ0) is 15.3. The van der Waals surface area contributed by atoms with Crippen molar-refractivity contribution < 1.29 is 22.6 Å². The largest absolute Gasteiger partial charge is 0.425 e. The van der Waals surface area contributed by atoms with Crippen LogP contribution >= 0.6 is 23.1 Å². The van der Waals surface area contributed by atoms with E-state index in [0.717, 1.165) is 17.4 Å². The topological polar surface area (TPSA) is 18.5 Å². The number of hydrogen-bond acceptors (Lipinski definition) is 4. The molecule has 0 saturated carbocycles. The van der Waals surface area contributed by atoms with Crippen LogP contribution in [0.1, 0.15) is 9.75 Å². The second-order valence-electron chi connectivity index (χ2n) is 4.34. The van der Waals surface area contributed by atoms with Gasteiger partial charge in [0.1, 0.15) is 4.88 Å². The zero-order valence-corrected chi connectivity index (χ0v) is 12.9. The van der Waals surface area contributed by atoms with Gasteiger partial charge in [0.25, 0.3) is 0 Å². The van der Waals surface area contributed by atoms with Crippen molar-refractivity contribution in [3.05, 3.63) is 40.1 Å². The standard InChI is InChI=1S/C14H15F3O2S2/c1-20-11-8-18-13(19-9-11)5-3-2-4-10-6-7-12(21-10)14(15,16)17/h2-7,11,13H,8-9H2,1H3/b4-2+,5-3+. The number of halogens is 3. The highest BCUT2D eigenvalue weighted by Crippen LogP contribution is 2.34. The molecule has 2 nitrogen and oxygen atoms in total. The maximum absolute atomic E-state index is 12.4. The molecule has 0 aromatic carbocycles. The van der Waals surface area contributed by atoms with Gasteiger partial charge in [-0.1, -0.05) is 12.2 Å². The highest BCUT2D eigenvalue weighted by atomic mass is 32.2. The van der Waals surface area contributed by atoms with E-state index in [1.165, 1.54) is 6.07 Å². The lowest BCUT2D eigenvalue weighted by atomic mass is 10.3. The molecule has 0 unspecified atom stereocenters. The molecular formula is C14H15F3O2S2. The fourth-order valence-corrected chi connectivity index (χ4v) is 2.87. The normalized spacial score (nSPS) is 24.2. The summed E-state index contributed by atoms with van der Waals surface area (Å²) in [6.07, 6.45) is 4.12. The van der Waals surface area contributed by atoms with E-state index in [4.69, 9.17) is 9.47 Å². The van der Waals surface area contributed by atoms with Gasteiger partial charge in [0.15, 0.2) is 6.29 Å². The Kier molecular flexibility index (Phi) is 5.92. The van der Waals surface area contributed by atoms with Crippen molar-refractivity contribution in [2.75, 3.05) is 19.5 Å². The minimum Gasteiger partial charge on any atom is -0.348 e. The molecule has 2 heterocycles. The average Bonchev–Trinajstić information content (AvgIpc) is 2.93. The van der Waals surface area contributed by atoms with Gasteiger partial charge in [0.2, 0.25) is 0 Å². The molecule has 1 aromatic rings. The molecular weight excluding hydrogens is 321 g/mol. The van der Waals surface area contributed by atoms with E-state index in [1.54, 1.807) is 36.1 Å². The number of allylic oxidation sites excluding steroid dienone is 2. The van der Waals surface area contributed by atoms with Gasteiger partial charge in [-0.15, -0.1) is 11.3 Å². The lowest BCUT2D eigenvalue weighted by molar-refractivity contribution is -0.146. The van der Waals surface area contributed by atoms with E-state index in [-0.39, 0.29) is 6.29 Å². The molecule has 7 heteroatoms. The molecule has 1 aromatic heterocycles. The smallest absolute Gasteiger partial charge is 0.348 e. The Bertz CT molecular complexity index is 501. The second kappa shape index (κ2) is 7.49. The van der Waals surface area contributed by atoms with E-state index in [2.05, 4.69) is 0 Å². The lowest BCUT2D eigenvalue weighted by Gasteiger charge is -2.26. The van der Waals surface area contributed by atoms with E-state index in [0.29, 0.717) is 23.3 Å². The Labute approximate surface area is 129 Å². The van der Waals surface area contributed by atoms with Crippen LogP contribution in [0.3, 0.4) is 0 Å². The first-order valence-electron chi connectivity index (χ1n) is 6.27. The minimum absolute atomic E-state index is 0.358. The van der Waals surface area contributed by atoms with Crippen LogP contribution in [0.2, 0.25) is 0 Å². The van der Waals surface area contributed by atoms with Crippen LogP contribution < -0.4 is 0 Å². The molecule has 0 amide bonds. The van der Waals surface area contributed by atoms with E-state index in [1.807, 2.05) is 6.26 Å². The summed E-state index contributed by atoms with van der Waals surface area (Å²) < 4.78 is 48.2. The highest BCUT2D eigenvalue weighted by Gasteiger charge is 2.32. The monoisotopic (exact) mass is 336 g/mol. The third kappa shape index (κ3) is 5.18. The first kappa shape index (κ1) is 16.6. The Morgan fingerprint density at radius 3 is 2.52 bits per heavy atom. The van der Waals surface area contributed by atoms with Gasteiger partial charge < -0.3 is 9.47 Å². The molecule has 0 radical (unpaired) electrons. The summed E-state index contributed by atoms with van der Waals surface area (Å²) in [4.78, 5) is -0.0342. The number of thiophene rings is 1. The van der Waals surface area contributed by atoms with Crippen molar-refractivity contribution in [1.82, 2.24) is 0 Å². The maximum atomic E-state index is 12.4. The average molecular weight is 336 g/mol. The summed E-state index contributed by atoms with van der Waals surface area (Å²) in [5, 5.41) is 0.358. The lowest BCUT2D eigenvalue weighted by Crippen LogP contribution is -2.32. The molecule has 21 heavy (non-hydrogen) atoms. The van der Waals surface area contributed by atoms with Gasteiger partial charge in [-0.05, 0) is 30.5 Å². The predicted molar refractivity (Wildman–Crippen MR) is 80.5 cm³/mol. The van der Waals surface area contributed by atoms with Crippen LogP contribution in [0, 0.1) is 0 Å². The van der Waals surface area contributed by atoms with Crippen LogP contribution in [-0.4, -0.2) is 31.0 Å². The second-order valence-corrected chi connectivity index (χ2v) is 6.59. The van der Waals surface area contributed by atoms with Crippen molar-refractivity contribution in [3.63, 3.8) is 0 Å². The van der Waals surface area contributed by atoms with Crippen LogP contribution in [0.5, 0.6) is 0 Å². The van der Waals surface area contributed by atoms with Gasteiger partial charge in [-0.3, -0.25) is 0 Å². The molecule has 1 saturated heterocycles. The molecule has 1 aliphatic rings. The Morgan fingerprint density at radius 2 is 1.95 bits per heavy atom. The fourth-order valence-electron chi connectivity index (χ4n) is 1.65. The summed E-state index contributed by atoms with van der Waals surface area (Å²) in [5.74, 6) is 0. The summed E-state index contributed by atoms with van der Waals surface area (Å²) in [5.41, 5.74) is 0. The highest BCUT2D eigenvalue weighted by molar-refractivity contribution is 7.99. The van der Waals surface area contributed by atoms with Gasteiger partial charge in [0, 0.05) is 4.88 Å². The van der Waals surface area contributed by atoms with Gasteiger partial charge >= 0.3 is 6.18 Å². The van der Waals surface area contributed by atoms with Crippen LogP contribution in [0.15, 0.2) is 30.4 Å². The number of alkyl halides is 3. The molecule has 1 aliphatic heterocycles. The van der Waals surface area contributed by atoms with E-state index in [9.17, 15) is 13.2 Å². The third-order valence-corrected chi connectivity index (χ3v) is 4.81. The van der Waals surface area contributed by atoms with E-state index < -0.39 is 11.1 Å². The number of ether oxygens (including phenoxy) is 2. The maximum Gasteiger partial charge on any atom is 0.425 e. The summed E-state index contributed by atoms with van der Waals surface area (Å²) in [6, 6.07) is 2.54. The Morgan fingerprint density at radius 1 is 1.24 bits per heavy atom. The number of hydrogen-bond donors (Lipinski definition) is 0. The van der Waals surface area contributed by atoms with Crippen molar-refractivity contribution in [2.45, 2.75) is 17.7 Å². The number of rotatable bonds is 4. The van der Waals surface area contributed by atoms with Crippen LogP contribution in [-0.2, 0) is 15.7 Å². The third-order valence-electron chi connectivity index (χ3n) is 2.77. The van der Waals surface area contributed by atoms with Crippen molar-refractivity contribution in [1.29, 1.82) is 0 Å². The first-order valence-corrected chi connectivity index (χ1v) is 8.37. The van der Waals surface area contributed by atoms with Gasteiger partial charge in [0.05, 0.1) is 18.5 Å². The van der Waals surface area contributed by atoms with Crippen molar-refractivity contribution >= 4 is 29.2 Å². The SMILES string of the molecule is CSC1COC(/C=C/C=C/c2ccc(C(F)(F)F)s2)OC1. The Hall–Kier alpha value is -0.760. The number of thioether (sulfide) groups is 1. The van der Waals surface area contributed by atoms with Gasteiger partial charge in [-0.2, -0.15) is 24.9 Å². The predicted octanol–water partition coefficient (Wildman–Crippen LogP) is 4.44. The van der Waals surface area contributed by atoms with Gasteiger partial charge in [-0.25, -0.2) is 0 Å².